The van der Waals surface area contributed by atoms with E-state index in [-0.39, 0.29) is 23.4 Å². The lowest BCUT2D eigenvalue weighted by Crippen LogP contribution is -2.43. The molecule has 0 saturated carbocycles. The van der Waals surface area contributed by atoms with Gasteiger partial charge < -0.3 is 14.4 Å². The fourth-order valence-corrected chi connectivity index (χ4v) is 1.89. The first-order chi connectivity index (χ1) is 10.1. The quantitative estimate of drug-likeness (QED) is 0.837. The minimum absolute atomic E-state index is 0.0251. The van der Waals surface area contributed by atoms with Crippen LogP contribution in [0.3, 0.4) is 0 Å². The number of rotatable bonds is 4. The van der Waals surface area contributed by atoms with Gasteiger partial charge in [-0.2, -0.15) is 0 Å². The number of benzene rings is 1. The van der Waals surface area contributed by atoms with Gasteiger partial charge in [0.05, 0.1) is 7.11 Å². The Kier molecular flexibility index (Phi) is 3.79. The molecule has 106 valence electrons. The summed E-state index contributed by atoms with van der Waals surface area (Å²) in [5.41, 5.74) is -0.0485. The molecule has 1 rings (SSSR count). The van der Waals surface area contributed by atoms with Crippen molar-refractivity contribution in [2.24, 2.45) is 0 Å². The molecule has 0 heterocycles. The number of methoxy groups -OCH3 is 1. The van der Waals surface area contributed by atoms with Crippen LogP contribution < -0.4 is 9.47 Å². The first-order valence-electron chi connectivity index (χ1n) is 7.76. The van der Waals surface area contributed by atoms with Crippen molar-refractivity contribution < 1.29 is 18.4 Å². The lowest BCUT2D eigenvalue weighted by Gasteiger charge is -2.29. The molecule has 0 N–H and O–H groups in total. The first-order valence-corrected chi connectivity index (χ1v) is 6.26. The van der Waals surface area contributed by atoms with E-state index in [4.69, 9.17) is 13.6 Å². The van der Waals surface area contributed by atoms with Gasteiger partial charge in [-0.1, -0.05) is 0 Å². The zero-order valence-corrected chi connectivity index (χ0v) is 12.1. The zero-order valence-electron chi connectivity index (χ0n) is 15.1. The van der Waals surface area contributed by atoms with Crippen molar-refractivity contribution in [2.45, 2.75) is 46.6 Å². The smallest absolute Gasteiger partial charge is 0.415 e. The third-order valence-corrected chi connectivity index (χ3v) is 2.71. The predicted octanol–water partition coefficient (Wildman–Crippen LogP) is 3.62. The summed E-state index contributed by atoms with van der Waals surface area (Å²) in [5.74, 6) is 0.424. The molecule has 0 fully saturated rings. The van der Waals surface area contributed by atoms with Crippen LogP contribution in [0.5, 0.6) is 11.5 Å². The molecule has 1 amide bonds. The number of hydrogen-bond acceptors (Lipinski definition) is 3. The molecule has 4 heteroatoms. The summed E-state index contributed by atoms with van der Waals surface area (Å²) in [6.45, 7) is 5.10. The van der Waals surface area contributed by atoms with Gasteiger partial charge in [0.25, 0.3) is 0 Å². The second kappa shape index (κ2) is 6.45. The molecule has 0 atom stereocenters. The van der Waals surface area contributed by atoms with Gasteiger partial charge in [-0.25, -0.2) is 4.79 Å². The summed E-state index contributed by atoms with van der Waals surface area (Å²) in [4.78, 5) is 13.9. The van der Waals surface area contributed by atoms with E-state index in [2.05, 4.69) is 0 Å². The van der Waals surface area contributed by atoms with Crippen molar-refractivity contribution >= 4 is 6.09 Å². The van der Waals surface area contributed by atoms with Crippen LogP contribution in [0.4, 0.5) is 4.79 Å². The lowest BCUT2D eigenvalue weighted by atomic mass is 10.2. The minimum Gasteiger partial charge on any atom is -0.497 e. The Morgan fingerprint density at radius 3 is 2.37 bits per heavy atom. The molecule has 0 radical (unpaired) electrons. The molecule has 19 heavy (non-hydrogen) atoms. The highest BCUT2D eigenvalue weighted by Gasteiger charge is 2.22. The largest absolute Gasteiger partial charge is 0.497 e. The maximum atomic E-state index is 12.3. The maximum Gasteiger partial charge on any atom is 0.415 e. The van der Waals surface area contributed by atoms with Crippen molar-refractivity contribution in [3.63, 3.8) is 0 Å². The Morgan fingerprint density at radius 2 is 1.89 bits per heavy atom. The molecule has 0 unspecified atom stereocenters. The Labute approximate surface area is 119 Å². The summed E-state index contributed by atoms with van der Waals surface area (Å²) in [5, 5.41) is 0. The summed E-state index contributed by atoms with van der Waals surface area (Å²) in [6, 6.07) is 4.26. The summed E-state index contributed by atoms with van der Waals surface area (Å²) in [7, 11) is 1.45. The molecule has 0 aliphatic rings. The van der Waals surface area contributed by atoms with Crippen LogP contribution in [0, 0.1) is 6.85 Å². The summed E-state index contributed by atoms with van der Waals surface area (Å²) >= 11 is 0. The normalized spacial score (nSPS) is 13.7. The van der Waals surface area contributed by atoms with E-state index in [1.165, 1.54) is 19.2 Å². The maximum absolute atomic E-state index is 12.3. The van der Waals surface area contributed by atoms with Crippen LogP contribution >= 0.6 is 0 Å². The molecule has 1 aromatic rings. The second-order valence-electron chi connectivity index (χ2n) is 4.82. The number of carbonyl (C=O) groups excluding carboxylic acids is 1. The highest BCUT2D eigenvalue weighted by Crippen LogP contribution is 2.24. The number of amides is 1. The van der Waals surface area contributed by atoms with E-state index in [1.807, 2.05) is 27.7 Å². The van der Waals surface area contributed by atoms with Gasteiger partial charge in [0.15, 0.2) is 0 Å². The van der Waals surface area contributed by atoms with Crippen molar-refractivity contribution in [3.8, 4) is 11.5 Å². The second-order valence-corrected chi connectivity index (χ2v) is 4.82. The standard InChI is InChI=1S/C15H23NO3/c1-10(2)16(11(3)4)15(17)19-14-8-7-13(18-6)9-12(14)5/h7-11H,1-6H3/i5D3. The molecule has 0 bridgehead atoms. The average molecular weight is 268 g/mol. The van der Waals surface area contributed by atoms with E-state index in [1.54, 1.807) is 11.0 Å². The number of nitrogens with zero attached hydrogens (tertiary/aromatic N) is 1. The lowest BCUT2D eigenvalue weighted by molar-refractivity contribution is 0.122. The Bertz CT molecular complexity index is 519. The zero-order chi connectivity index (χ0) is 17.1. The molecular weight excluding hydrogens is 242 g/mol. The van der Waals surface area contributed by atoms with Crippen LogP contribution in [0.25, 0.3) is 0 Å². The number of aryl methyl sites for hydroxylation is 1. The van der Waals surface area contributed by atoms with Crippen LogP contribution in [0.15, 0.2) is 18.2 Å². The fraction of sp³-hybridized carbons (Fsp3) is 0.533. The van der Waals surface area contributed by atoms with Gasteiger partial charge in [-0.05, 0) is 58.3 Å². The fourth-order valence-electron chi connectivity index (χ4n) is 1.89. The van der Waals surface area contributed by atoms with Crippen molar-refractivity contribution in [1.82, 2.24) is 4.90 Å². The number of carbonyl (C=O) groups is 1. The van der Waals surface area contributed by atoms with Crippen molar-refractivity contribution in [1.29, 1.82) is 0 Å². The van der Waals surface area contributed by atoms with Gasteiger partial charge >= 0.3 is 6.09 Å². The molecule has 1 aromatic carbocycles. The first kappa shape index (κ1) is 11.1. The molecule has 0 aliphatic carbocycles. The number of hydrogen-bond donors (Lipinski definition) is 0. The van der Waals surface area contributed by atoms with Gasteiger partial charge in [0.1, 0.15) is 11.5 Å². The Balaban J connectivity index is 3.14. The molecule has 0 aromatic heterocycles. The highest BCUT2D eigenvalue weighted by molar-refractivity contribution is 5.71. The van der Waals surface area contributed by atoms with Crippen molar-refractivity contribution in [3.05, 3.63) is 23.8 Å². The predicted molar refractivity (Wildman–Crippen MR) is 75.9 cm³/mol. The third-order valence-electron chi connectivity index (χ3n) is 2.71. The SMILES string of the molecule is [2H]C([2H])([2H])c1cc(OC)ccc1OC(=O)N(C(C)C)C(C)C. The topological polar surface area (TPSA) is 38.8 Å². The van der Waals surface area contributed by atoms with Gasteiger partial charge in [0, 0.05) is 16.2 Å². The Hall–Kier alpha value is -1.71. The highest BCUT2D eigenvalue weighted by atomic mass is 16.6. The summed E-state index contributed by atoms with van der Waals surface area (Å²) in [6.07, 6.45) is -0.569. The third kappa shape index (κ3) is 3.88. The van der Waals surface area contributed by atoms with Crippen LogP contribution in [-0.4, -0.2) is 30.2 Å². The van der Waals surface area contributed by atoms with Gasteiger partial charge in [-0.15, -0.1) is 0 Å². The van der Waals surface area contributed by atoms with E-state index in [0.717, 1.165) is 0 Å². The Morgan fingerprint density at radius 1 is 1.26 bits per heavy atom. The van der Waals surface area contributed by atoms with Crippen molar-refractivity contribution in [2.75, 3.05) is 7.11 Å². The van der Waals surface area contributed by atoms with E-state index >= 15 is 0 Å². The van der Waals surface area contributed by atoms with Gasteiger partial charge in [0.2, 0.25) is 0 Å². The average Bonchev–Trinajstić information content (AvgIpc) is 2.36. The molecule has 0 saturated heterocycles. The van der Waals surface area contributed by atoms with Crippen LogP contribution in [-0.2, 0) is 0 Å². The molecular formula is C15H23NO3. The van der Waals surface area contributed by atoms with Gasteiger partial charge in [-0.3, -0.25) is 0 Å². The monoisotopic (exact) mass is 268 g/mol. The molecule has 4 nitrogen and oxygen atoms in total. The van der Waals surface area contributed by atoms with Crippen LogP contribution in [0.1, 0.15) is 37.4 Å². The van der Waals surface area contributed by atoms with E-state index in [0.29, 0.717) is 5.75 Å². The molecule has 0 aliphatic heterocycles. The summed E-state index contributed by atoms with van der Waals surface area (Å²) < 4.78 is 33.1. The van der Waals surface area contributed by atoms with E-state index in [9.17, 15) is 4.79 Å². The molecule has 0 spiro atoms. The number of ether oxygens (including phenoxy) is 2. The minimum atomic E-state index is -2.40. The van der Waals surface area contributed by atoms with E-state index < -0.39 is 12.9 Å². The van der Waals surface area contributed by atoms with Crippen LogP contribution in [0.2, 0.25) is 0 Å².